The van der Waals surface area contributed by atoms with Gasteiger partial charge in [-0.3, -0.25) is 9.59 Å². The SMILES string of the molecule is CCN(CC(=O)NCc1ccc(F)cc1)C(=O)c1ccc(OC2CCCC2)c(OC)c1. The van der Waals surface area contributed by atoms with Crippen LogP contribution in [0.25, 0.3) is 0 Å². The first-order chi connectivity index (χ1) is 15.0. The van der Waals surface area contributed by atoms with Crippen molar-refractivity contribution in [2.75, 3.05) is 20.2 Å². The third-order valence-corrected chi connectivity index (χ3v) is 5.41. The number of hydrogen-bond donors (Lipinski definition) is 1. The lowest BCUT2D eigenvalue weighted by atomic mass is 10.1. The Morgan fingerprint density at radius 2 is 1.81 bits per heavy atom. The second-order valence-corrected chi connectivity index (χ2v) is 7.61. The molecule has 1 saturated carbocycles. The van der Waals surface area contributed by atoms with Crippen LogP contribution in [-0.4, -0.2) is 43.0 Å². The first kappa shape index (κ1) is 22.6. The number of benzene rings is 2. The number of likely N-dealkylation sites (N-methyl/N-ethyl adjacent to an activating group) is 1. The van der Waals surface area contributed by atoms with Crippen molar-refractivity contribution in [1.29, 1.82) is 0 Å². The molecule has 1 fully saturated rings. The van der Waals surface area contributed by atoms with Gasteiger partial charge in [-0.1, -0.05) is 12.1 Å². The lowest BCUT2D eigenvalue weighted by molar-refractivity contribution is -0.121. The van der Waals surface area contributed by atoms with Crippen LogP contribution in [-0.2, 0) is 11.3 Å². The van der Waals surface area contributed by atoms with Crippen LogP contribution in [0, 0.1) is 5.82 Å². The molecular formula is C24H29FN2O4. The van der Waals surface area contributed by atoms with Crippen LogP contribution >= 0.6 is 0 Å². The molecule has 0 aromatic heterocycles. The number of methoxy groups -OCH3 is 1. The number of carbonyl (C=O) groups is 2. The summed E-state index contributed by atoms with van der Waals surface area (Å²) in [6.45, 7) is 2.40. The highest BCUT2D eigenvalue weighted by Gasteiger charge is 2.21. The monoisotopic (exact) mass is 428 g/mol. The molecule has 0 aliphatic heterocycles. The molecule has 2 aromatic rings. The number of amides is 2. The molecule has 1 aliphatic rings. The van der Waals surface area contributed by atoms with E-state index in [2.05, 4.69) is 5.32 Å². The van der Waals surface area contributed by atoms with Gasteiger partial charge < -0.3 is 19.7 Å². The van der Waals surface area contributed by atoms with Gasteiger partial charge in [0.05, 0.1) is 19.8 Å². The van der Waals surface area contributed by atoms with E-state index in [1.807, 2.05) is 6.92 Å². The Bertz CT molecular complexity index is 895. The van der Waals surface area contributed by atoms with E-state index in [1.165, 1.54) is 17.0 Å². The highest BCUT2D eigenvalue weighted by Crippen LogP contribution is 2.32. The van der Waals surface area contributed by atoms with Crippen LogP contribution < -0.4 is 14.8 Å². The van der Waals surface area contributed by atoms with E-state index in [9.17, 15) is 14.0 Å². The van der Waals surface area contributed by atoms with E-state index in [0.717, 1.165) is 31.2 Å². The van der Waals surface area contributed by atoms with Gasteiger partial charge in [-0.2, -0.15) is 0 Å². The number of nitrogens with zero attached hydrogens (tertiary/aromatic N) is 1. The molecular weight excluding hydrogens is 399 g/mol. The van der Waals surface area contributed by atoms with Gasteiger partial charge in [0.15, 0.2) is 11.5 Å². The summed E-state index contributed by atoms with van der Waals surface area (Å²) in [4.78, 5) is 26.8. The van der Waals surface area contributed by atoms with Crippen molar-refractivity contribution in [2.24, 2.45) is 0 Å². The van der Waals surface area contributed by atoms with Gasteiger partial charge in [0, 0.05) is 18.7 Å². The van der Waals surface area contributed by atoms with Crippen molar-refractivity contribution in [3.8, 4) is 11.5 Å². The molecule has 3 rings (SSSR count). The molecule has 31 heavy (non-hydrogen) atoms. The van der Waals surface area contributed by atoms with Gasteiger partial charge in [-0.05, 0) is 68.5 Å². The summed E-state index contributed by atoms with van der Waals surface area (Å²) in [6, 6.07) is 11.0. The average molecular weight is 429 g/mol. The molecule has 1 N–H and O–H groups in total. The molecule has 1 aliphatic carbocycles. The van der Waals surface area contributed by atoms with Crippen LogP contribution in [0.3, 0.4) is 0 Å². The largest absolute Gasteiger partial charge is 0.493 e. The second kappa shape index (κ2) is 10.8. The summed E-state index contributed by atoms with van der Waals surface area (Å²) in [5, 5.41) is 2.76. The first-order valence-electron chi connectivity index (χ1n) is 10.6. The highest BCUT2D eigenvalue weighted by atomic mass is 19.1. The fraction of sp³-hybridized carbons (Fsp3) is 0.417. The Morgan fingerprint density at radius 1 is 1.10 bits per heavy atom. The minimum atomic E-state index is -0.326. The van der Waals surface area contributed by atoms with Gasteiger partial charge >= 0.3 is 0 Å². The standard InChI is InChI=1S/C24H29FN2O4/c1-3-27(16-23(28)26-15-17-8-11-19(25)12-9-17)24(29)18-10-13-21(22(14-18)30-2)31-20-6-4-5-7-20/h8-14,20H,3-7,15-16H2,1-2H3,(H,26,28). The predicted molar refractivity (Wildman–Crippen MR) is 116 cm³/mol. The molecule has 6 nitrogen and oxygen atoms in total. The van der Waals surface area contributed by atoms with E-state index >= 15 is 0 Å². The van der Waals surface area contributed by atoms with Crippen LogP contribution in [0.4, 0.5) is 4.39 Å². The van der Waals surface area contributed by atoms with Crippen molar-refractivity contribution in [3.05, 3.63) is 59.4 Å². The molecule has 2 amide bonds. The van der Waals surface area contributed by atoms with Gasteiger partial charge in [0.1, 0.15) is 5.82 Å². The van der Waals surface area contributed by atoms with Crippen molar-refractivity contribution in [2.45, 2.75) is 45.3 Å². The maximum absolute atomic E-state index is 13.0. The third-order valence-electron chi connectivity index (χ3n) is 5.41. The van der Waals surface area contributed by atoms with Gasteiger partial charge in [0.25, 0.3) is 5.91 Å². The van der Waals surface area contributed by atoms with E-state index in [1.54, 1.807) is 37.4 Å². The molecule has 7 heteroatoms. The predicted octanol–water partition coefficient (Wildman–Crippen LogP) is 3.93. The van der Waals surface area contributed by atoms with Crippen LogP contribution in [0.2, 0.25) is 0 Å². The molecule has 0 radical (unpaired) electrons. The number of nitrogens with one attached hydrogen (secondary N) is 1. The molecule has 0 atom stereocenters. The molecule has 0 saturated heterocycles. The van der Waals surface area contributed by atoms with E-state index < -0.39 is 0 Å². The van der Waals surface area contributed by atoms with Crippen molar-refractivity contribution in [1.82, 2.24) is 10.2 Å². The minimum absolute atomic E-state index is 0.0703. The molecule has 2 aromatic carbocycles. The van der Waals surface area contributed by atoms with E-state index in [-0.39, 0.29) is 36.8 Å². The summed E-state index contributed by atoms with van der Waals surface area (Å²) in [5.41, 5.74) is 1.22. The molecule has 166 valence electrons. The lowest BCUT2D eigenvalue weighted by Gasteiger charge is -2.21. The number of hydrogen-bond acceptors (Lipinski definition) is 4. The zero-order valence-electron chi connectivity index (χ0n) is 18.0. The first-order valence-corrected chi connectivity index (χ1v) is 10.6. The Balaban J connectivity index is 1.60. The summed E-state index contributed by atoms with van der Waals surface area (Å²) >= 11 is 0. The number of carbonyl (C=O) groups excluding carboxylic acids is 2. The van der Waals surface area contributed by atoms with Gasteiger partial charge in [-0.15, -0.1) is 0 Å². The zero-order chi connectivity index (χ0) is 22.2. The Kier molecular flexibility index (Phi) is 7.87. The van der Waals surface area contributed by atoms with Crippen LogP contribution in [0.15, 0.2) is 42.5 Å². The topological polar surface area (TPSA) is 67.9 Å². The smallest absolute Gasteiger partial charge is 0.254 e. The van der Waals surface area contributed by atoms with Crippen LogP contribution in [0.5, 0.6) is 11.5 Å². The molecule has 0 spiro atoms. The maximum Gasteiger partial charge on any atom is 0.254 e. The molecule has 0 heterocycles. The summed E-state index contributed by atoms with van der Waals surface area (Å²) in [6.07, 6.45) is 4.57. The summed E-state index contributed by atoms with van der Waals surface area (Å²) in [5.74, 6) is 0.270. The molecule has 0 unspecified atom stereocenters. The summed E-state index contributed by atoms with van der Waals surface area (Å²) in [7, 11) is 1.55. The average Bonchev–Trinajstić information content (AvgIpc) is 3.30. The van der Waals surface area contributed by atoms with Gasteiger partial charge in [-0.25, -0.2) is 4.39 Å². The fourth-order valence-electron chi connectivity index (χ4n) is 3.63. The highest BCUT2D eigenvalue weighted by molar-refractivity contribution is 5.97. The van der Waals surface area contributed by atoms with Crippen LogP contribution in [0.1, 0.15) is 48.5 Å². The minimum Gasteiger partial charge on any atom is -0.493 e. The second-order valence-electron chi connectivity index (χ2n) is 7.61. The number of ether oxygens (including phenoxy) is 2. The van der Waals surface area contributed by atoms with Gasteiger partial charge in [0.2, 0.25) is 5.91 Å². The van der Waals surface area contributed by atoms with Crippen molar-refractivity contribution in [3.63, 3.8) is 0 Å². The maximum atomic E-state index is 13.0. The Morgan fingerprint density at radius 3 is 2.45 bits per heavy atom. The summed E-state index contributed by atoms with van der Waals surface area (Å²) < 4.78 is 24.4. The third kappa shape index (κ3) is 6.20. The fourth-order valence-corrected chi connectivity index (χ4v) is 3.63. The van der Waals surface area contributed by atoms with Crippen molar-refractivity contribution >= 4 is 11.8 Å². The lowest BCUT2D eigenvalue weighted by Crippen LogP contribution is -2.40. The molecule has 0 bridgehead atoms. The van der Waals surface area contributed by atoms with Crippen molar-refractivity contribution < 1.29 is 23.5 Å². The van der Waals surface area contributed by atoms with E-state index in [0.29, 0.717) is 23.6 Å². The quantitative estimate of drug-likeness (QED) is 0.657. The normalized spacial score (nSPS) is 13.6. The number of rotatable bonds is 9. The zero-order valence-corrected chi connectivity index (χ0v) is 18.0. The Hall–Kier alpha value is -3.09. The van der Waals surface area contributed by atoms with E-state index in [4.69, 9.17) is 9.47 Å². The number of halogens is 1. The Labute approximate surface area is 182 Å².